The summed E-state index contributed by atoms with van der Waals surface area (Å²) < 4.78 is 7.33. The second-order valence-electron chi connectivity index (χ2n) is 17.3. The van der Waals surface area contributed by atoms with Crippen molar-refractivity contribution < 1.29 is 0 Å². The second kappa shape index (κ2) is 15.0. The van der Waals surface area contributed by atoms with Crippen LogP contribution < -0.4 is 0 Å². The zero-order chi connectivity index (χ0) is 44.0. The van der Waals surface area contributed by atoms with Crippen molar-refractivity contribution in [3.63, 3.8) is 0 Å². The molecule has 0 fully saturated rings. The number of benzene rings is 10. The molecule has 0 amide bonds. The smallest absolute Gasteiger partial charge is 0.235 e. The highest BCUT2D eigenvalue weighted by molar-refractivity contribution is 7.25. The third-order valence-corrected chi connectivity index (χ3v) is 14.7. The van der Waals surface area contributed by atoms with Gasteiger partial charge in [0.25, 0.3) is 0 Å². The number of fused-ring (bicyclic) bond motifs is 10. The van der Waals surface area contributed by atoms with Crippen molar-refractivity contribution in [3.05, 3.63) is 231 Å². The third kappa shape index (κ3) is 5.99. The molecule has 0 saturated carbocycles. The van der Waals surface area contributed by atoms with Gasteiger partial charge in [0, 0.05) is 63.9 Å². The minimum absolute atomic E-state index is 0.633. The third-order valence-electron chi connectivity index (χ3n) is 13.5. The van der Waals surface area contributed by atoms with Gasteiger partial charge in [0.15, 0.2) is 0 Å². The summed E-state index contributed by atoms with van der Waals surface area (Å²) >= 11 is 1.86. The quantitative estimate of drug-likeness (QED) is 0.167. The minimum atomic E-state index is 0.633. The standard InChI is InChI=1S/C62H38N4S/c1-2-15-39(16-3-1)60-51-24-4-8-27-54(51)63-62(64-60)66-57-33-32-45(65-55-28-9-5-21-47(55)48-22-6-10-29-56(48)65)38-52(57)50-26-14-25-46(61(50)66)44-20-13-19-42(36-44)40-17-12-18-41(35-40)43-31-34-59-53(37-43)49-23-7-11-30-58(49)67-59/h1-38H. The van der Waals surface area contributed by atoms with Crippen LogP contribution in [0.15, 0.2) is 231 Å². The number of hydrogen-bond acceptors (Lipinski definition) is 3. The molecule has 0 saturated heterocycles. The van der Waals surface area contributed by atoms with Gasteiger partial charge in [-0.3, -0.25) is 4.57 Å². The zero-order valence-corrected chi connectivity index (χ0v) is 37.0. The first-order valence-corrected chi connectivity index (χ1v) is 23.5. The molecule has 0 aliphatic heterocycles. The van der Waals surface area contributed by atoms with Gasteiger partial charge >= 0.3 is 0 Å². The Morgan fingerprint density at radius 1 is 0.313 bits per heavy atom. The molecule has 0 spiro atoms. The molecule has 14 aromatic rings. The predicted molar refractivity (Wildman–Crippen MR) is 283 cm³/mol. The van der Waals surface area contributed by atoms with Gasteiger partial charge in [0.1, 0.15) is 0 Å². The van der Waals surface area contributed by atoms with Crippen LogP contribution in [0.5, 0.6) is 0 Å². The summed E-state index contributed by atoms with van der Waals surface area (Å²) in [5.41, 5.74) is 15.4. The van der Waals surface area contributed by atoms with Crippen LogP contribution in [0.3, 0.4) is 0 Å². The molecular formula is C62H38N4S. The summed E-state index contributed by atoms with van der Waals surface area (Å²) in [6.07, 6.45) is 0. The Balaban J connectivity index is 0.984. The van der Waals surface area contributed by atoms with Crippen LogP contribution in [0.1, 0.15) is 0 Å². The largest absolute Gasteiger partial charge is 0.309 e. The summed E-state index contributed by atoms with van der Waals surface area (Å²) in [5, 5.41) is 8.39. The number of aromatic nitrogens is 4. The van der Waals surface area contributed by atoms with E-state index in [1.54, 1.807) is 0 Å². The van der Waals surface area contributed by atoms with Crippen molar-refractivity contribution in [1.29, 1.82) is 0 Å². The van der Waals surface area contributed by atoms with Crippen molar-refractivity contribution in [2.24, 2.45) is 0 Å². The molecule has 5 heteroatoms. The lowest BCUT2D eigenvalue weighted by Crippen LogP contribution is -2.04. The van der Waals surface area contributed by atoms with Crippen LogP contribution in [0, 0.1) is 0 Å². The minimum Gasteiger partial charge on any atom is -0.309 e. The van der Waals surface area contributed by atoms with E-state index >= 15 is 0 Å². The van der Waals surface area contributed by atoms with Gasteiger partial charge in [-0.25, -0.2) is 9.97 Å². The first kappa shape index (κ1) is 37.7. The van der Waals surface area contributed by atoms with E-state index in [0.29, 0.717) is 5.95 Å². The summed E-state index contributed by atoms with van der Waals surface area (Å²) in [4.78, 5) is 10.9. The lowest BCUT2D eigenvalue weighted by atomic mass is 9.95. The average molecular weight is 871 g/mol. The molecule has 67 heavy (non-hydrogen) atoms. The second-order valence-corrected chi connectivity index (χ2v) is 18.4. The van der Waals surface area contributed by atoms with Crippen LogP contribution in [0.4, 0.5) is 0 Å². The van der Waals surface area contributed by atoms with E-state index in [2.05, 4.69) is 240 Å². The fraction of sp³-hybridized carbons (Fsp3) is 0. The van der Waals surface area contributed by atoms with Gasteiger partial charge in [0.05, 0.1) is 33.3 Å². The molecular weight excluding hydrogens is 833 g/mol. The van der Waals surface area contributed by atoms with E-state index in [0.717, 1.165) is 66.3 Å². The van der Waals surface area contributed by atoms with Crippen molar-refractivity contribution >= 4 is 86.0 Å². The van der Waals surface area contributed by atoms with Gasteiger partial charge < -0.3 is 4.57 Å². The Labute approximate surface area is 389 Å². The maximum atomic E-state index is 5.49. The summed E-state index contributed by atoms with van der Waals surface area (Å²) in [6.45, 7) is 0. The maximum Gasteiger partial charge on any atom is 0.235 e. The lowest BCUT2D eigenvalue weighted by molar-refractivity contribution is 1.01. The SMILES string of the molecule is c1ccc(-c2nc(-n3c4ccc(-n5c6ccccc6c6ccccc65)cc4c4cccc(-c5cccc(-c6cccc(-c7ccc8sc9ccccc9c8c7)c6)c5)c43)nc3ccccc23)cc1. The highest BCUT2D eigenvalue weighted by Gasteiger charge is 2.22. The molecule has 312 valence electrons. The molecule has 0 aliphatic rings. The fourth-order valence-electron chi connectivity index (χ4n) is 10.5. The topological polar surface area (TPSA) is 35.6 Å². The molecule has 14 rings (SSSR count). The first-order chi connectivity index (χ1) is 33.2. The number of thiophene rings is 1. The Morgan fingerprint density at radius 3 is 1.66 bits per heavy atom. The molecule has 10 aromatic carbocycles. The van der Waals surface area contributed by atoms with Gasteiger partial charge in [-0.05, 0) is 94.5 Å². The predicted octanol–water partition coefficient (Wildman–Crippen LogP) is 16.9. The van der Waals surface area contributed by atoms with Crippen LogP contribution in [0.2, 0.25) is 0 Å². The van der Waals surface area contributed by atoms with Crippen LogP contribution >= 0.6 is 11.3 Å². The van der Waals surface area contributed by atoms with Gasteiger partial charge in [0.2, 0.25) is 5.95 Å². The zero-order valence-electron chi connectivity index (χ0n) is 36.1. The van der Waals surface area contributed by atoms with E-state index in [9.17, 15) is 0 Å². The highest BCUT2D eigenvalue weighted by atomic mass is 32.1. The van der Waals surface area contributed by atoms with Crippen molar-refractivity contribution in [3.8, 4) is 56.3 Å². The molecule has 0 aliphatic carbocycles. The maximum absolute atomic E-state index is 5.49. The summed E-state index contributed by atoms with van der Waals surface area (Å²) in [6, 6.07) is 83.4. The van der Waals surface area contributed by atoms with Crippen molar-refractivity contribution in [2.75, 3.05) is 0 Å². The Kier molecular flexibility index (Phi) is 8.42. The molecule has 0 unspecified atom stereocenters. The van der Waals surface area contributed by atoms with E-state index in [-0.39, 0.29) is 0 Å². The van der Waals surface area contributed by atoms with Crippen LogP contribution in [-0.2, 0) is 0 Å². The van der Waals surface area contributed by atoms with E-state index < -0.39 is 0 Å². The molecule has 0 atom stereocenters. The van der Waals surface area contributed by atoms with Gasteiger partial charge in [-0.1, -0.05) is 164 Å². The normalized spacial score (nSPS) is 11.9. The molecule has 4 nitrogen and oxygen atoms in total. The molecule has 0 N–H and O–H groups in total. The Hall–Kier alpha value is -8.64. The van der Waals surface area contributed by atoms with Gasteiger partial charge in [-0.15, -0.1) is 11.3 Å². The van der Waals surface area contributed by atoms with Crippen molar-refractivity contribution in [2.45, 2.75) is 0 Å². The molecule has 4 aromatic heterocycles. The number of nitrogens with zero attached hydrogens (tertiary/aromatic N) is 4. The fourth-order valence-corrected chi connectivity index (χ4v) is 11.6. The van der Waals surface area contributed by atoms with E-state index in [4.69, 9.17) is 9.97 Å². The number of rotatable bonds is 6. The average Bonchev–Trinajstić information content (AvgIpc) is 4.06. The monoisotopic (exact) mass is 870 g/mol. The Morgan fingerprint density at radius 2 is 0.881 bits per heavy atom. The summed E-state index contributed by atoms with van der Waals surface area (Å²) in [7, 11) is 0. The molecule has 4 heterocycles. The number of para-hydroxylation sites is 4. The van der Waals surface area contributed by atoms with E-state index in [1.165, 1.54) is 58.7 Å². The first-order valence-electron chi connectivity index (χ1n) is 22.7. The lowest BCUT2D eigenvalue weighted by Gasteiger charge is -2.14. The van der Waals surface area contributed by atoms with E-state index in [1.807, 2.05) is 11.3 Å². The number of hydrogen-bond donors (Lipinski definition) is 0. The van der Waals surface area contributed by atoms with Gasteiger partial charge in [-0.2, -0.15) is 0 Å². The molecule has 0 radical (unpaired) electrons. The van der Waals surface area contributed by atoms with Crippen molar-refractivity contribution in [1.82, 2.24) is 19.1 Å². The summed E-state index contributed by atoms with van der Waals surface area (Å²) in [5.74, 6) is 0.633. The molecule has 0 bridgehead atoms. The highest BCUT2D eigenvalue weighted by Crippen LogP contribution is 2.42. The van der Waals surface area contributed by atoms with Crippen LogP contribution in [-0.4, -0.2) is 19.1 Å². The van der Waals surface area contributed by atoms with Crippen LogP contribution in [0.25, 0.3) is 131 Å². The Bertz CT molecular complexity index is 4230.